The molecule has 2 aromatic carbocycles. The van der Waals surface area contributed by atoms with Crippen molar-refractivity contribution in [2.45, 2.75) is 96.1 Å². The molecule has 2 aromatic rings. The Balaban J connectivity index is 1.66. The van der Waals surface area contributed by atoms with Gasteiger partial charge in [-0.1, -0.05) is 44.9 Å². The first-order valence-corrected chi connectivity index (χ1v) is 17.7. The van der Waals surface area contributed by atoms with Gasteiger partial charge in [-0.15, -0.1) is 0 Å². The summed E-state index contributed by atoms with van der Waals surface area (Å²) in [6, 6.07) is 13.3. The molecule has 1 heterocycles. The summed E-state index contributed by atoms with van der Waals surface area (Å²) >= 11 is 0. The molecule has 4 amide bonds. The quantitative estimate of drug-likeness (QED) is 0.0735. The standard InChI is InChI=1S/C33H46N4O12S/c1-4-6-8-13-26(36-32(43)22-11-9-7-10-12-22)37(28(40)5-2)19-18-27(39)35-23-14-16-24(17-15-23)48-33-29(34-21(3)38)31(42)30(41)25(49-33)20-47-50(44,45)46/h7,9-12,14-17,25-26,29-31,33,41-42H,4-6,8,13,18-20H2,1-3H3,(H,34,38)(H,35,39)(H,36,43)(H,44,45,46)/t25?,26?,29?,30-,31+,33+/m0/s1. The number of hydrogen-bond acceptors (Lipinski definition) is 11. The third kappa shape index (κ3) is 12.6. The maximum Gasteiger partial charge on any atom is 0.397 e. The van der Waals surface area contributed by atoms with E-state index < -0.39 is 65.6 Å². The van der Waals surface area contributed by atoms with Gasteiger partial charge < -0.3 is 40.5 Å². The van der Waals surface area contributed by atoms with Gasteiger partial charge in [-0.25, -0.2) is 4.18 Å². The lowest BCUT2D eigenvalue weighted by Gasteiger charge is -2.42. The summed E-state index contributed by atoms with van der Waals surface area (Å²) in [4.78, 5) is 52.3. The fourth-order valence-electron chi connectivity index (χ4n) is 5.28. The summed E-state index contributed by atoms with van der Waals surface area (Å²) in [6.45, 7) is 4.15. The molecular weight excluding hydrogens is 676 g/mol. The number of benzene rings is 2. The van der Waals surface area contributed by atoms with E-state index in [1.165, 1.54) is 36.1 Å². The highest BCUT2D eigenvalue weighted by Gasteiger charge is 2.46. The van der Waals surface area contributed by atoms with Crippen LogP contribution in [0.1, 0.15) is 69.7 Å². The molecule has 1 aliphatic heterocycles. The predicted octanol–water partition coefficient (Wildman–Crippen LogP) is 1.74. The summed E-state index contributed by atoms with van der Waals surface area (Å²) in [5.74, 6) is -1.34. The van der Waals surface area contributed by atoms with Gasteiger partial charge in [-0.3, -0.25) is 23.7 Å². The second-order valence-corrected chi connectivity index (χ2v) is 12.8. The van der Waals surface area contributed by atoms with Gasteiger partial charge in [0, 0.05) is 37.6 Å². The number of rotatable bonds is 18. The lowest BCUT2D eigenvalue weighted by molar-refractivity contribution is -0.242. The van der Waals surface area contributed by atoms with Gasteiger partial charge in [-0.2, -0.15) is 8.42 Å². The molecule has 1 aliphatic rings. The number of nitrogens with one attached hydrogen (secondary N) is 3. The van der Waals surface area contributed by atoms with Gasteiger partial charge in [0.05, 0.1) is 6.61 Å². The topological polar surface area (TPSA) is 230 Å². The van der Waals surface area contributed by atoms with E-state index in [1.54, 1.807) is 37.3 Å². The Morgan fingerprint density at radius 2 is 1.66 bits per heavy atom. The van der Waals surface area contributed by atoms with Gasteiger partial charge in [0.1, 0.15) is 36.3 Å². The molecule has 16 nitrogen and oxygen atoms in total. The summed E-state index contributed by atoms with van der Waals surface area (Å²) < 4.78 is 46.6. The van der Waals surface area contributed by atoms with E-state index in [-0.39, 0.29) is 37.0 Å². The SMILES string of the molecule is CCCCCC(NC(=O)c1ccccc1)N(CCC(=O)Nc1ccc(O[C@@H]2OC(COS(=O)(=O)O)[C@H](O)[C@H](O)C2NC(C)=O)cc1)C(=O)CC. The lowest BCUT2D eigenvalue weighted by atomic mass is 9.97. The molecule has 3 unspecified atom stereocenters. The Bertz CT molecular complexity index is 1530. The third-order valence-electron chi connectivity index (χ3n) is 7.84. The van der Waals surface area contributed by atoms with Gasteiger partial charge in [0.15, 0.2) is 0 Å². The molecule has 0 bridgehead atoms. The van der Waals surface area contributed by atoms with Crippen molar-refractivity contribution < 1.29 is 56.0 Å². The first-order chi connectivity index (χ1) is 23.7. The second-order valence-electron chi connectivity index (χ2n) is 11.7. The Morgan fingerprint density at radius 3 is 2.26 bits per heavy atom. The van der Waals surface area contributed by atoms with Crippen molar-refractivity contribution in [2.75, 3.05) is 18.5 Å². The minimum Gasteiger partial charge on any atom is -0.463 e. The zero-order valence-corrected chi connectivity index (χ0v) is 29.0. The van der Waals surface area contributed by atoms with E-state index in [9.17, 15) is 37.8 Å². The van der Waals surface area contributed by atoms with Crippen LogP contribution in [0.5, 0.6) is 5.75 Å². The summed E-state index contributed by atoms with van der Waals surface area (Å²) in [7, 11) is -4.88. The van der Waals surface area contributed by atoms with Crippen LogP contribution in [0.4, 0.5) is 5.69 Å². The minimum atomic E-state index is -4.88. The van der Waals surface area contributed by atoms with E-state index in [0.29, 0.717) is 17.7 Å². The zero-order valence-electron chi connectivity index (χ0n) is 28.2. The highest BCUT2D eigenvalue weighted by atomic mass is 32.3. The maximum absolute atomic E-state index is 13.0. The molecule has 6 atom stereocenters. The van der Waals surface area contributed by atoms with Crippen molar-refractivity contribution in [3.63, 3.8) is 0 Å². The van der Waals surface area contributed by atoms with Crippen molar-refractivity contribution >= 4 is 39.7 Å². The number of ether oxygens (including phenoxy) is 2. The highest BCUT2D eigenvalue weighted by molar-refractivity contribution is 7.80. The van der Waals surface area contributed by atoms with E-state index in [4.69, 9.17) is 14.0 Å². The molecule has 276 valence electrons. The fraction of sp³-hybridized carbons (Fsp3) is 0.515. The average molecular weight is 723 g/mol. The monoisotopic (exact) mass is 722 g/mol. The molecule has 0 spiro atoms. The molecule has 0 saturated carbocycles. The van der Waals surface area contributed by atoms with Crippen LogP contribution < -0.4 is 20.7 Å². The molecule has 0 aliphatic carbocycles. The summed E-state index contributed by atoms with van der Waals surface area (Å²) in [6.07, 6.45) is -3.56. The number of anilines is 1. The maximum atomic E-state index is 13.0. The third-order valence-corrected chi connectivity index (χ3v) is 8.27. The Morgan fingerprint density at radius 1 is 0.980 bits per heavy atom. The molecule has 50 heavy (non-hydrogen) atoms. The molecule has 1 fully saturated rings. The van der Waals surface area contributed by atoms with Gasteiger partial charge in [0.25, 0.3) is 5.91 Å². The number of carbonyl (C=O) groups excluding carboxylic acids is 4. The predicted molar refractivity (Wildman–Crippen MR) is 180 cm³/mol. The van der Waals surface area contributed by atoms with Gasteiger partial charge >= 0.3 is 10.4 Å². The highest BCUT2D eigenvalue weighted by Crippen LogP contribution is 2.26. The average Bonchev–Trinajstić information content (AvgIpc) is 3.07. The second kappa shape index (κ2) is 19.3. The molecular formula is C33H46N4O12S. The van der Waals surface area contributed by atoms with Crippen LogP contribution in [0.2, 0.25) is 0 Å². The van der Waals surface area contributed by atoms with Crippen LogP contribution in [0.25, 0.3) is 0 Å². The number of aliphatic hydroxyl groups is 2. The number of nitrogens with zero attached hydrogens (tertiary/aromatic N) is 1. The molecule has 3 rings (SSSR count). The van der Waals surface area contributed by atoms with E-state index >= 15 is 0 Å². The fourth-order valence-corrected chi connectivity index (χ4v) is 5.59. The molecule has 0 radical (unpaired) electrons. The van der Waals surface area contributed by atoms with Crippen LogP contribution in [0.3, 0.4) is 0 Å². The number of unbranched alkanes of at least 4 members (excludes halogenated alkanes) is 2. The van der Waals surface area contributed by atoms with Crippen molar-refractivity contribution in [1.29, 1.82) is 0 Å². The normalized spacial score (nSPS) is 21.0. The summed E-state index contributed by atoms with van der Waals surface area (Å²) in [5, 5.41) is 29.1. The molecule has 1 saturated heterocycles. The van der Waals surface area contributed by atoms with Crippen molar-refractivity contribution in [2.24, 2.45) is 0 Å². The Kier molecular flexibility index (Phi) is 15.6. The van der Waals surface area contributed by atoms with Crippen molar-refractivity contribution in [3.05, 3.63) is 60.2 Å². The minimum absolute atomic E-state index is 0.0585. The Hall–Kier alpha value is -4.13. The summed E-state index contributed by atoms with van der Waals surface area (Å²) in [5.41, 5.74) is 0.841. The molecule has 17 heteroatoms. The number of carbonyl (C=O) groups is 4. The van der Waals surface area contributed by atoms with Crippen LogP contribution in [0.15, 0.2) is 54.6 Å². The first-order valence-electron chi connectivity index (χ1n) is 16.3. The first kappa shape index (κ1) is 40.3. The van der Waals surface area contributed by atoms with Gasteiger partial charge in [-0.05, 0) is 49.2 Å². The van der Waals surface area contributed by atoms with Crippen molar-refractivity contribution in [1.82, 2.24) is 15.5 Å². The Labute approximate surface area is 291 Å². The number of amides is 4. The largest absolute Gasteiger partial charge is 0.463 e. The number of hydrogen-bond donors (Lipinski definition) is 6. The van der Waals surface area contributed by atoms with Crippen LogP contribution in [-0.4, -0.2) is 102 Å². The number of aliphatic hydroxyl groups excluding tert-OH is 2. The lowest BCUT2D eigenvalue weighted by Crippen LogP contribution is -2.65. The smallest absolute Gasteiger partial charge is 0.397 e. The van der Waals surface area contributed by atoms with E-state index in [0.717, 1.165) is 19.3 Å². The van der Waals surface area contributed by atoms with Gasteiger partial charge in [0.2, 0.25) is 24.0 Å². The van der Waals surface area contributed by atoms with Crippen LogP contribution in [-0.2, 0) is 33.7 Å². The van der Waals surface area contributed by atoms with Crippen LogP contribution >= 0.6 is 0 Å². The molecule has 0 aromatic heterocycles. The van der Waals surface area contributed by atoms with Crippen LogP contribution in [0, 0.1) is 0 Å². The molecule has 6 N–H and O–H groups in total. The van der Waals surface area contributed by atoms with E-state index in [1.807, 2.05) is 0 Å². The van der Waals surface area contributed by atoms with Crippen molar-refractivity contribution in [3.8, 4) is 5.75 Å². The van der Waals surface area contributed by atoms with E-state index in [2.05, 4.69) is 27.1 Å². The zero-order chi connectivity index (χ0) is 36.8.